The van der Waals surface area contributed by atoms with Crippen LogP contribution in [0.2, 0.25) is 0 Å². The number of nitrogens with zero attached hydrogens (tertiary/aromatic N) is 4. The second-order valence-electron chi connectivity index (χ2n) is 5.40. The van der Waals surface area contributed by atoms with Crippen molar-refractivity contribution in [3.8, 4) is 17.3 Å². The third-order valence-corrected chi connectivity index (χ3v) is 4.12. The first-order valence-corrected chi connectivity index (χ1v) is 7.58. The summed E-state index contributed by atoms with van der Waals surface area (Å²) >= 11 is 0. The fraction of sp³-hybridized carbons (Fsp3) is 0.353. The molecule has 0 aliphatic carbocycles. The molecule has 1 aliphatic rings. The van der Waals surface area contributed by atoms with E-state index in [9.17, 15) is 5.26 Å². The molecule has 3 rings (SSSR count). The summed E-state index contributed by atoms with van der Waals surface area (Å²) in [4.78, 5) is 10.9. The maximum Gasteiger partial charge on any atom is 0.101 e. The molecule has 0 spiro atoms. The topological polar surface area (TPSA) is 64.8 Å². The van der Waals surface area contributed by atoms with E-state index in [4.69, 9.17) is 0 Å². The van der Waals surface area contributed by atoms with Gasteiger partial charge in [0.25, 0.3) is 0 Å². The second-order valence-corrected chi connectivity index (χ2v) is 5.40. The van der Waals surface area contributed by atoms with Crippen molar-refractivity contribution in [2.45, 2.75) is 25.4 Å². The predicted molar refractivity (Wildman–Crippen MR) is 86.2 cm³/mol. The number of benzene rings is 1. The molecular formula is C17H19N5. The van der Waals surface area contributed by atoms with Gasteiger partial charge in [-0.15, -0.1) is 0 Å². The zero-order valence-corrected chi connectivity index (χ0v) is 12.7. The van der Waals surface area contributed by atoms with Gasteiger partial charge in [-0.3, -0.25) is 9.97 Å². The summed E-state index contributed by atoms with van der Waals surface area (Å²) in [5.41, 5.74) is 3.42. The Hall–Kier alpha value is -2.45. The molecule has 112 valence electrons. The molecule has 0 bridgehead atoms. The molecule has 0 saturated carbocycles. The average Bonchev–Trinajstić information content (AvgIpc) is 2.61. The Morgan fingerprint density at radius 2 is 2.23 bits per heavy atom. The molecule has 2 heterocycles. The molecule has 1 N–H and O–H groups in total. The number of piperidine rings is 1. The maximum absolute atomic E-state index is 9.55. The largest absolute Gasteiger partial charge is 0.354 e. The van der Waals surface area contributed by atoms with E-state index in [1.165, 1.54) is 6.42 Å². The molecule has 1 atom stereocenters. The third-order valence-electron chi connectivity index (χ3n) is 4.12. The minimum absolute atomic E-state index is 0.249. The lowest BCUT2D eigenvalue weighted by Crippen LogP contribution is -2.48. The quantitative estimate of drug-likeness (QED) is 0.942. The normalized spacial score (nSPS) is 18.0. The van der Waals surface area contributed by atoms with Crippen LogP contribution >= 0.6 is 0 Å². The first-order chi connectivity index (χ1) is 10.8. The number of nitrogens with one attached hydrogen (secondary N) is 1. The highest BCUT2D eigenvalue weighted by Crippen LogP contribution is 2.35. The molecule has 1 aromatic heterocycles. The van der Waals surface area contributed by atoms with Gasteiger partial charge in [-0.2, -0.15) is 5.26 Å². The molecule has 5 nitrogen and oxygen atoms in total. The van der Waals surface area contributed by atoms with Gasteiger partial charge in [0.1, 0.15) is 6.07 Å². The molecule has 5 heteroatoms. The number of hydrogen-bond acceptors (Lipinski definition) is 5. The van der Waals surface area contributed by atoms with Crippen LogP contribution in [0.4, 0.5) is 5.69 Å². The fourth-order valence-corrected chi connectivity index (χ4v) is 3.09. The van der Waals surface area contributed by atoms with Crippen LogP contribution in [0.1, 0.15) is 24.8 Å². The molecule has 22 heavy (non-hydrogen) atoms. The summed E-state index contributed by atoms with van der Waals surface area (Å²) in [6.07, 6.45) is 8.76. The van der Waals surface area contributed by atoms with E-state index in [0.717, 1.165) is 36.3 Å². The van der Waals surface area contributed by atoms with Crippen molar-refractivity contribution in [1.29, 1.82) is 5.26 Å². The lowest BCUT2D eigenvalue weighted by atomic mass is 9.99. The third kappa shape index (κ3) is 2.66. The zero-order chi connectivity index (χ0) is 15.4. The first-order valence-electron chi connectivity index (χ1n) is 7.58. The van der Waals surface area contributed by atoms with Crippen LogP contribution in [-0.2, 0) is 0 Å². The predicted octanol–water partition coefficient (Wildman–Crippen LogP) is 2.55. The maximum atomic E-state index is 9.55. The molecule has 1 aliphatic heterocycles. The SMILES string of the molecule is CNC1CCCCN1c1c(C#N)cccc1-c1cnccn1. The number of aromatic nitrogens is 2. The monoisotopic (exact) mass is 293 g/mol. The highest BCUT2D eigenvalue weighted by Gasteiger charge is 2.26. The Morgan fingerprint density at radius 3 is 2.95 bits per heavy atom. The molecule has 1 aromatic carbocycles. The van der Waals surface area contributed by atoms with Gasteiger partial charge in [0.2, 0.25) is 0 Å². The highest BCUT2D eigenvalue weighted by molar-refractivity contribution is 5.81. The lowest BCUT2D eigenvalue weighted by molar-refractivity contribution is 0.418. The van der Waals surface area contributed by atoms with Crippen molar-refractivity contribution in [2.24, 2.45) is 0 Å². The van der Waals surface area contributed by atoms with Gasteiger partial charge in [-0.05, 0) is 32.4 Å². The summed E-state index contributed by atoms with van der Waals surface area (Å²) in [7, 11) is 1.97. The van der Waals surface area contributed by atoms with Gasteiger partial charge >= 0.3 is 0 Å². The van der Waals surface area contributed by atoms with Crippen LogP contribution in [0.3, 0.4) is 0 Å². The molecular weight excluding hydrogens is 274 g/mol. The van der Waals surface area contributed by atoms with E-state index >= 15 is 0 Å². The smallest absolute Gasteiger partial charge is 0.101 e. The zero-order valence-electron chi connectivity index (χ0n) is 12.7. The van der Waals surface area contributed by atoms with Crippen molar-refractivity contribution in [3.63, 3.8) is 0 Å². The summed E-state index contributed by atoms with van der Waals surface area (Å²) in [6, 6.07) is 8.12. The van der Waals surface area contributed by atoms with E-state index < -0.39 is 0 Å². The summed E-state index contributed by atoms with van der Waals surface area (Å²) in [5.74, 6) is 0. The minimum atomic E-state index is 0.249. The van der Waals surface area contributed by atoms with Crippen molar-refractivity contribution in [3.05, 3.63) is 42.4 Å². The van der Waals surface area contributed by atoms with Crippen LogP contribution in [0.25, 0.3) is 11.3 Å². The highest BCUT2D eigenvalue weighted by atomic mass is 15.3. The molecule has 1 fully saturated rings. The van der Waals surface area contributed by atoms with Gasteiger partial charge in [-0.1, -0.05) is 12.1 Å². The fourth-order valence-electron chi connectivity index (χ4n) is 3.09. The van der Waals surface area contributed by atoms with E-state index in [-0.39, 0.29) is 6.17 Å². The lowest BCUT2D eigenvalue weighted by Gasteiger charge is -2.38. The number of rotatable bonds is 3. The molecule has 0 radical (unpaired) electrons. The Kier molecular flexibility index (Phi) is 4.31. The standard InChI is InChI=1S/C17H19N5/c1-19-16-7-2-3-10-22(16)17-13(11-18)5-4-6-14(17)15-12-20-8-9-21-15/h4-6,8-9,12,16,19H,2-3,7,10H2,1H3. The molecule has 0 amide bonds. The van der Waals surface area contributed by atoms with E-state index in [1.807, 2.05) is 25.2 Å². The van der Waals surface area contributed by atoms with E-state index in [2.05, 4.69) is 26.3 Å². The molecule has 1 saturated heterocycles. The van der Waals surface area contributed by atoms with Gasteiger partial charge < -0.3 is 10.2 Å². The summed E-state index contributed by atoms with van der Waals surface area (Å²) in [5, 5.41) is 12.9. The van der Waals surface area contributed by atoms with Crippen LogP contribution in [0.5, 0.6) is 0 Å². The van der Waals surface area contributed by atoms with Crippen molar-refractivity contribution < 1.29 is 0 Å². The van der Waals surface area contributed by atoms with E-state index in [1.54, 1.807) is 18.6 Å². The Bertz CT molecular complexity index is 677. The Balaban J connectivity index is 2.14. The van der Waals surface area contributed by atoms with E-state index in [0.29, 0.717) is 5.56 Å². The average molecular weight is 293 g/mol. The summed E-state index contributed by atoms with van der Waals surface area (Å²) < 4.78 is 0. The summed E-state index contributed by atoms with van der Waals surface area (Å²) in [6.45, 7) is 0.942. The first kappa shape index (κ1) is 14.5. The van der Waals surface area contributed by atoms with Gasteiger partial charge in [-0.25, -0.2) is 0 Å². The Labute approximate surface area is 130 Å². The number of hydrogen-bond donors (Lipinski definition) is 1. The molecule has 1 unspecified atom stereocenters. The van der Waals surface area contributed by atoms with Crippen LogP contribution < -0.4 is 10.2 Å². The van der Waals surface area contributed by atoms with Gasteiger partial charge in [0.05, 0.1) is 29.3 Å². The van der Waals surface area contributed by atoms with Crippen molar-refractivity contribution >= 4 is 5.69 Å². The Morgan fingerprint density at radius 1 is 1.32 bits per heavy atom. The number of anilines is 1. The van der Waals surface area contributed by atoms with Crippen molar-refractivity contribution in [1.82, 2.24) is 15.3 Å². The second kappa shape index (κ2) is 6.54. The number of nitriles is 1. The number of para-hydroxylation sites is 1. The van der Waals surface area contributed by atoms with Crippen molar-refractivity contribution in [2.75, 3.05) is 18.5 Å². The molecule has 2 aromatic rings. The van der Waals surface area contributed by atoms with Crippen LogP contribution in [-0.4, -0.2) is 29.7 Å². The minimum Gasteiger partial charge on any atom is -0.354 e. The van der Waals surface area contributed by atoms with Gasteiger partial charge in [0.15, 0.2) is 0 Å². The van der Waals surface area contributed by atoms with Crippen LogP contribution in [0, 0.1) is 11.3 Å². The van der Waals surface area contributed by atoms with Gasteiger partial charge in [0, 0.05) is 24.5 Å². The van der Waals surface area contributed by atoms with Crippen LogP contribution in [0.15, 0.2) is 36.8 Å².